The van der Waals surface area contributed by atoms with Crippen LogP contribution in [0.5, 0.6) is 5.75 Å². The summed E-state index contributed by atoms with van der Waals surface area (Å²) < 4.78 is 24.0. The van der Waals surface area contributed by atoms with E-state index >= 15 is 0 Å². The predicted octanol–water partition coefficient (Wildman–Crippen LogP) is 2.14. The molecule has 1 fully saturated rings. The highest BCUT2D eigenvalue weighted by atomic mass is 19.1. The van der Waals surface area contributed by atoms with Crippen LogP contribution in [0.15, 0.2) is 24.3 Å². The molecule has 2 unspecified atom stereocenters. The minimum absolute atomic E-state index is 0.0264. The number of ether oxygens (including phenoxy) is 2. The van der Waals surface area contributed by atoms with Gasteiger partial charge in [-0.1, -0.05) is 11.8 Å². The van der Waals surface area contributed by atoms with E-state index < -0.39 is 0 Å². The standard InChI is InChI=1S/C15H17FO3/c16-12-4-6-13(7-5-12)18-11-15-9-8-14(19-15)3-1-2-10-17/h4-7,14-15,17H,2,8-11H2. The van der Waals surface area contributed by atoms with Crippen molar-refractivity contribution in [3.05, 3.63) is 30.1 Å². The van der Waals surface area contributed by atoms with E-state index in [4.69, 9.17) is 14.6 Å². The van der Waals surface area contributed by atoms with Crippen molar-refractivity contribution in [2.24, 2.45) is 0 Å². The first kappa shape index (κ1) is 13.9. The number of benzene rings is 1. The van der Waals surface area contributed by atoms with E-state index in [1.807, 2.05) is 0 Å². The van der Waals surface area contributed by atoms with E-state index in [0.29, 0.717) is 18.8 Å². The summed E-state index contributed by atoms with van der Waals surface area (Å²) in [6.07, 6.45) is 2.23. The van der Waals surface area contributed by atoms with Crippen molar-refractivity contribution in [3.63, 3.8) is 0 Å². The summed E-state index contributed by atoms with van der Waals surface area (Å²) in [5, 5.41) is 8.63. The molecule has 2 rings (SSSR count). The zero-order valence-electron chi connectivity index (χ0n) is 10.6. The molecular weight excluding hydrogens is 247 g/mol. The second kappa shape index (κ2) is 7.13. The van der Waals surface area contributed by atoms with Gasteiger partial charge in [-0.15, -0.1) is 0 Å². The highest BCUT2D eigenvalue weighted by molar-refractivity contribution is 5.22. The second-order valence-electron chi connectivity index (χ2n) is 4.38. The topological polar surface area (TPSA) is 38.7 Å². The van der Waals surface area contributed by atoms with Crippen LogP contribution in [0.3, 0.4) is 0 Å². The lowest BCUT2D eigenvalue weighted by molar-refractivity contribution is 0.0419. The smallest absolute Gasteiger partial charge is 0.123 e. The number of rotatable bonds is 4. The first-order valence-corrected chi connectivity index (χ1v) is 6.41. The maximum atomic E-state index is 12.7. The Morgan fingerprint density at radius 2 is 2.11 bits per heavy atom. The highest BCUT2D eigenvalue weighted by Crippen LogP contribution is 2.20. The molecule has 1 aliphatic rings. The molecule has 0 amide bonds. The Balaban J connectivity index is 1.73. The average Bonchev–Trinajstić information content (AvgIpc) is 2.86. The van der Waals surface area contributed by atoms with E-state index in [2.05, 4.69) is 11.8 Å². The molecule has 0 saturated carbocycles. The quantitative estimate of drug-likeness (QED) is 0.847. The van der Waals surface area contributed by atoms with Gasteiger partial charge in [0.2, 0.25) is 0 Å². The van der Waals surface area contributed by atoms with Crippen LogP contribution in [0.4, 0.5) is 4.39 Å². The van der Waals surface area contributed by atoms with Gasteiger partial charge < -0.3 is 14.6 Å². The van der Waals surface area contributed by atoms with Gasteiger partial charge in [0.15, 0.2) is 0 Å². The third-order valence-corrected chi connectivity index (χ3v) is 2.86. The Morgan fingerprint density at radius 1 is 1.32 bits per heavy atom. The molecule has 1 aromatic rings. The van der Waals surface area contributed by atoms with Crippen molar-refractivity contribution < 1.29 is 19.0 Å². The average molecular weight is 264 g/mol. The summed E-state index contributed by atoms with van der Waals surface area (Å²) in [5.41, 5.74) is 0. The van der Waals surface area contributed by atoms with Crippen molar-refractivity contribution >= 4 is 0 Å². The lowest BCUT2D eigenvalue weighted by Gasteiger charge is -2.12. The van der Waals surface area contributed by atoms with Crippen LogP contribution < -0.4 is 4.74 Å². The van der Waals surface area contributed by atoms with Crippen LogP contribution in [0.2, 0.25) is 0 Å². The van der Waals surface area contributed by atoms with Gasteiger partial charge >= 0.3 is 0 Å². The zero-order valence-corrected chi connectivity index (χ0v) is 10.6. The molecule has 4 heteroatoms. The molecule has 1 N–H and O–H groups in total. The third-order valence-electron chi connectivity index (χ3n) is 2.86. The Kier molecular flexibility index (Phi) is 5.20. The van der Waals surface area contributed by atoms with Crippen LogP contribution in [-0.2, 0) is 4.74 Å². The summed E-state index contributed by atoms with van der Waals surface area (Å²) in [6, 6.07) is 5.94. The Labute approximate surface area is 112 Å². The summed E-state index contributed by atoms with van der Waals surface area (Å²) in [7, 11) is 0. The molecule has 0 bridgehead atoms. The molecule has 102 valence electrons. The highest BCUT2D eigenvalue weighted by Gasteiger charge is 2.24. The summed E-state index contributed by atoms with van der Waals surface area (Å²) in [4.78, 5) is 0. The number of aliphatic hydroxyl groups excluding tert-OH is 1. The second-order valence-corrected chi connectivity index (χ2v) is 4.38. The van der Waals surface area contributed by atoms with E-state index in [-0.39, 0.29) is 24.6 Å². The summed E-state index contributed by atoms with van der Waals surface area (Å²) in [6.45, 7) is 0.528. The SMILES string of the molecule is OCCC#CC1CCC(COc2ccc(F)cc2)O1. The first-order chi connectivity index (χ1) is 9.28. The molecule has 0 aliphatic carbocycles. The van der Waals surface area contributed by atoms with E-state index in [9.17, 15) is 4.39 Å². The van der Waals surface area contributed by atoms with Gasteiger partial charge in [0.25, 0.3) is 0 Å². The fourth-order valence-electron chi connectivity index (χ4n) is 1.90. The lowest BCUT2D eigenvalue weighted by atomic mass is 10.2. The van der Waals surface area contributed by atoms with Crippen LogP contribution in [0.25, 0.3) is 0 Å². The van der Waals surface area contributed by atoms with E-state index in [1.54, 1.807) is 12.1 Å². The number of halogens is 1. The predicted molar refractivity (Wildman–Crippen MR) is 69.3 cm³/mol. The van der Waals surface area contributed by atoms with Gasteiger partial charge in [0.05, 0.1) is 12.7 Å². The van der Waals surface area contributed by atoms with Crippen LogP contribution in [-0.4, -0.2) is 30.5 Å². The number of aliphatic hydroxyl groups is 1. The maximum Gasteiger partial charge on any atom is 0.123 e. The molecule has 1 heterocycles. The first-order valence-electron chi connectivity index (χ1n) is 6.41. The van der Waals surface area contributed by atoms with E-state index in [1.165, 1.54) is 12.1 Å². The number of hydrogen-bond acceptors (Lipinski definition) is 3. The van der Waals surface area contributed by atoms with Crippen molar-refractivity contribution in [1.29, 1.82) is 0 Å². The normalized spacial score (nSPS) is 21.8. The minimum Gasteiger partial charge on any atom is -0.491 e. The molecule has 19 heavy (non-hydrogen) atoms. The van der Waals surface area contributed by atoms with Gasteiger partial charge in [-0.05, 0) is 37.1 Å². The van der Waals surface area contributed by atoms with Crippen LogP contribution in [0.1, 0.15) is 19.3 Å². The van der Waals surface area contributed by atoms with Gasteiger partial charge in [0, 0.05) is 6.42 Å². The van der Waals surface area contributed by atoms with Crippen LogP contribution >= 0.6 is 0 Å². The van der Waals surface area contributed by atoms with Crippen molar-refractivity contribution in [3.8, 4) is 17.6 Å². The largest absolute Gasteiger partial charge is 0.491 e. The van der Waals surface area contributed by atoms with Crippen molar-refractivity contribution in [1.82, 2.24) is 0 Å². The molecule has 1 saturated heterocycles. The number of hydrogen-bond donors (Lipinski definition) is 1. The van der Waals surface area contributed by atoms with Gasteiger partial charge in [-0.2, -0.15) is 0 Å². The zero-order chi connectivity index (χ0) is 13.5. The monoisotopic (exact) mass is 264 g/mol. The maximum absolute atomic E-state index is 12.7. The molecule has 3 nitrogen and oxygen atoms in total. The Morgan fingerprint density at radius 3 is 2.84 bits per heavy atom. The van der Waals surface area contributed by atoms with Gasteiger partial charge in [-0.25, -0.2) is 4.39 Å². The molecule has 0 aromatic heterocycles. The lowest BCUT2D eigenvalue weighted by Crippen LogP contribution is -2.18. The van der Waals surface area contributed by atoms with Gasteiger partial charge in [0.1, 0.15) is 24.3 Å². The Bertz CT molecular complexity index is 447. The summed E-state index contributed by atoms with van der Waals surface area (Å²) >= 11 is 0. The third kappa shape index (κ3) is 4.55. The molecule has 0 radical (unpaired) electrons. The Hall–Kier alpha value is -1.57. The molecule has 0 spiro atoms. The fraction of sp³-hybridized carbons (Fsp3) is 0.467. The summed E-state index contributed by atoms with van der Waals surface area (Å²) in [5.74, 6) is 6.22. The van der Waals surface area contributed by atoms with Gasteiger partial charge in [-0.3, -0.25) is 0 Å². The van der Waals surface area contributed by atoms with E-state index in [0.717, 1.165) is 12.8 Å². The van der Waals surface area contributed by atoms with Crippen LogP contribution in [0, 0.1) is 17.7 Å². The molecule has 1 aliphatic heterocycles. The van der Waals surface area contributed by atoms with Crippen molar-refractivity contribution in [2.75, 3.05) is 13.2 Å². The molecule has 2 atom stereocenters. The minimum atomic E-state index is -0.274. The molecule has 1 aromatic carbocycles. The fourth-order valence-corrected chi connectivity index (χ4v) is 1.90. The molecular formula is C15H17FO3. The van der Waals surface area contributed by atoms with Crippen molar-refractivity contribution in [2.45, 2.75) is 31.5 Å².